The van der Waals surface area contributed by atoms with E-state index in [1.54, 1.807) is 0 Å². The molecule has 1 aromatic rings. The summed E-state index contributed by atoms with van der Waals surface area (Å²) in [4.78, 5) is 17.6. The lowest BCUT2D eigenvalue weighted by Gasteiger charge is -2.29. The molecule has 2 aliphatic heterocycles. The lowest BCUT2D eigenvalue weighted by atomic mass is 10.1. The summed E-state index contributed by atoms with van der Waals surface area (Å²) in [5.74, 6) is 0.176. The summed E-state index contributed by atoms with van der Waals surface area (Å²) in [6.45, 7) is 9.44. The van der Waals surface area contributed by atoms with Gasteiger partial charge in [0.05, 0.1) is 6.04 Å². The van der Waals surface area contributed by atoms with Crippen molar-refractivity contribution in [1.29, 1.82) is 0 Å². The minimum atomic E-state index is -0.0255. The monoisotopic (exact) mass is 329 g/mol. The molecule has 4 nitrogen and oxygen atoms in total. The fourth-order valence-electron chi connectivity index (χ4n) is 4.11. The number of nitrogens with one attached hydrogen (secondary N) is 1. The molecule has 2 fully saturated rings. The highest BCUT2D eigenvalue weighted by Gasteiger charge is 2.32. The molecule has 1 amide bonds. The van der Waals surface area contributed by atoms with E-state index in [2.05, 4.69) is 53.2 Å². The minimum absolute atomic E-state index is 0.0255. The van der Waals surface area contributed by atoms with E-state index in [-0.39, 0.29) is 11.9 Å². The summed E-state index contributed by atoms with van der Waals surface area (Å²) in [7, 11) is 0. The van der Waals surface area contributed by atoms with Gasteiger partial charge in [0.1, 0.15) is 0 Å². The predicted molar refractivity (Wildman–Crippen MR) is 98.1 cm³/mol. The van der Waals surface area contributed by atoms with Crippen molar-refractivity contribution >= 4 is 5.91 Å². The molecule has 0 aromatic heterocycles. The maximum Gasteiger partial charge on any atom is 0.237 e. The number of aryl methyl sites for hydroxylation is 1. The highest BCUT2D eigenvalue weighted by Crippen LogP contribution is 2.22. The fraction of sp³-hybridized carbons (Fsp3) is 0.650. The number of amides is 1. The van der Waals surface area contributed by atoms with Gasteiger partial charge in [0, 0.05) is 25.7 Å². The van der Waals surface area contributed by atoms with Gasteiger partial charge in [0.25, 0.3) is 0 Å². The van der Waals surface area contributed by atoms with Crippen LogP contribution in [0.25, 0.3) is 0 Å². The van der Waals surface area contributed by atoms with Crippen LogP contribution in [0.4, 0.5) is 0 Å². The molecular formula is C20H31N3O. The van der Waals surface area contributed by atoms with E-state index in [9.17, 15) is 4.79 Å². The molecule has 2 saturated heterocycles. The molecule has 0 bridgehead atoms. The first-order valence-corrected chi connectivity index (χ1v) is 9.45. The molecule has 2 heterocycles. The van der Waals surface area contributed by atoms with E-state index in [0.717, 1.165) is 26.1 Å². The van der Waals surface area contributed by atoms with Crippen molar-refractivity contribution in [3.8, 4) is 0 Å². The summed E-state index contributed by atoms with van der Waals surface area (Å²) in [5, 5.41) is 3.14. The quantitative estimate of drug-likeness (QED) is 0.900. The summed E-state index contributed by atoms with van der Waals surface area (Å²) in [6.07, 6.45) is 4.69. The molecule has 0 unspecified atom stereocenters. The van der Waals surface area contributed by atoms with Crippen LogP contribution in [0.1, 0.15) is 37.3 Å². The van der Waals surface area contributed by atoms with Gasteiger partial charge in [-0.15, -0.1) is 0 Å². The van der Waals surface area contributed by atoms with Crippen molar-refractivity contribution in [2.24, 2.45) is 0 Å². The van der Waals surface area contributed by atoms with Gasteiger partial charge in [-0.3, -0.25) is 14.6 Å². The van der Waals surface area contributed by atoms with Gasteiger partial charge in [-0.2, -0.15) is 0 Å². The molecule has 2 aliphatic rings. The third-order valence-electron chi connectivity index (χ3n) is 5.72. The maximum absolute atomic E-state index is 12.6. The Balaban J connectivity index is 1.48. The number of carbonyl (C=O) groups excluding carboxylic acids is 1. The van der Waals surface area contributed by atoms with Crippen LogP contribution in [0, 0.1) is 6.92 Å². The van der Waals surface area contributed by atoms with Gasteiger partial charge in [0.2, 0.25) is 5.91 Å². The Kier molecular flexibility index (Phi) is 5.90. The van der Waals surface area contributed by atoms with Crippen molar-refractivity contribution < 1.29 is 4.79 Å². The van der Waals surface area contributed by atoms with Gasteiger partial charge >= 0.3 is 0 Å². The van der Waals surface area contributed by atoms with Crippen LogP contribution >= 0.6 is 0 Å². The molecule has 0 aliphatic carbocycles. The molecule has 0 saturated carbocycles. The molecule has 1 aromatic carbocycles. The second-order valence-electron chi connectivity index (χ2n) is 7.32. The van der Waals surface area contributed by atoms with E-state index in [1.807, 2.05) is 0 Å². The van der Waals surface area contributed by atoms with Gasteiger partial charge in [-0.25, -0.2) is 0 Å². The van der Waals surface area contributed by atoms with Crippen LogP contribution in [-0.4, -0.2) is 60.5 Å². The predicted octanol–water partition coefficient (Wildman–Crippen LogP) is 2.21. The number of carbonyl (C=O) groups is 1. The third-order valence-corrected chi connectivity index (χ3v) is 5.72. The van der Waals surface area contributed by atoms with Crippen molar-refractivity contribution in [2.45, 2.75) is 51.6 Å². The Hall–Kier alpha value is -1.39. The van der Waals surface area contributed by atoms with Gasteiger partial charge < -0.3 is 5.32 Å². The molecule has 1 N–H and O–H groups in total. The smallest absolute Gasteiger partial charge is 0.237 e. The SMILES string of the molecule is Cc1ccccc1CCNC(=O)[C@H](C)N1CCCN2CCC[C@H]2C1. The molecular weight excluding hydrogens is 298 g/mol. The molecule has 132 valence electrons. The summed E-state index contributed by atoms with van der Waals surface area (Å²) >= 11 is 0. The zero-order valence-electron chi connectivity index (χ0n) is 15.1. The van der Waals surface area contributed by atoms with E-state index < -0.39 is 0 Å². The molecule has 3 rings (SSSR count). The van der Waals surface area contributed by atoms with Gasteiger partial charge in [-0.05, 0) is 63.7 Å². The average molecular weight is 329 g/mol. The fourth-order valence-corrected chi connectivity index (χ4v) is 4.11. The van der Waals surface area contributed by atoms with Crippen LogP contribution in [-0.2, 0) is 11.2 Å². The molecule has 0 spiro atoms. The summed E-state index contributed by atoms with van der Waals surface area (Å²) in [5.41, 5.74) is 2.62. The standard InChI is InChI=1S/C20H31N3O/c1-16-7-3-4-8-18(16)10-11-21-20(24)17(2)23-14-6-13-22-12-5-9-19(22)15-23/h3-4,7-8,17,19H,5-6,9-15H2,1-2H3,(H,21,24)/t17-,19-/m0/s1. The van der Waals surface area contributed by atoms with Crippen LogP contribution in [0.2, 0.25) is 0 Å². The number of fused-ring (bicyclic) bond motifs is 1. The molecule has 0 radical (unpaired) electrons. The zero-order chi connectivity index (χ0) is 16.9. The van der Waals surface area contributed by atoms with Gasteiger partial charge in [-0.1, -0.05) is 24.3 Å². The first kappa shape index (κ1) is 17.4. The molecule has 24 heavy (non-hydrogen) atoms. The van der Waals surface area contributed by atoms with Crippen molar-refractivity contribution in [3.05, 3.63) is 35.4 Å². The summed E-state index contributed by atoms with van der Waals surface area (Å²) in [6, 6.07) is 9.04. The van der Waals surface area contributed by atoms with Crippen LogP contribution < -0.4 is 5.32 Å². The Bertz CT molecular complexity index is 560. The zero-order valence-corrected chi connectivity index (χ0v) is 15.1. The Labute approximate surface area is 146 Å². The molecule has 2 atom stereocenters. The first-order chi connectivity index (χ1) is 11.6. The lowest BCUT2D eigenvalue weighted by molar-refractivity contribution is -0.125. The van der Waals surface area contributed by atoms with E-state index >= 15 is 0 Å². The first-order valence-electron chi connectivity index (χ1n) is 9.45. The second-order valence-corrected chi connectivity index (χ2v) is 7.32. The Morgan fingerprint density at radius 2 is 2.04 bits per heavy atom. The number of benzene rings is 1. The van der Waals surface area contributed by atoms with Crippen molar-refractivity contribution in [1.82, 2.24) is 15.1 Å². The number of rotatable bonds is 5. The largest absolute Gasteiger partial charge is 0.354 e. The van der Waals surface area contributed by atoms with E-state index in [1.165, 1.54) is 43.5 Å². The van der Waals surface area contributed by atoms with E-state index in [0.29, 0.717) is 6.04 Å². The Morgan fingerprint density at radius 3 is 2.88 bits per heavy atom. The molecule has 4 heteroatoms. The topological polar surface area (TPSA) is 35.6 Å². The van der Waals surface area contributed by atoms with Crippen molar-refractivity contribution in [2.75, 3.05) is 32.7 Å². The highest BCUT2D eigenvalue weighted by molar-refractivity contribution is 5.81. The Morgan fingerprint density at radius 1 is 1.25 bits per heavy atom. The summed E-state index contributed by atoms with van der Waals surface area (Å²) < 4.78 is 0. The highest BCUT2D eigenvalue weighted by atomic mass is 16.2. The maximum atomic E-state index is 12.6. The van der Waals surface area contributed by atoms with Crippen molar-refractivity contribution in [3.63, 3.8) is 0 Å². The lowest BCUT2D eigenvalue weighted by Crippen LogP contribution is -2.48. The minimum Gasteiger partial charge on any atom is -0.354 e. The number of nitrogens with zero attached hydrogens (tertiary/aromatic N) is 2. The van der Waals surface area contributed by atoms with Crippen LogP contribution in [0.3, 0.4) is 0 Å². The number of hydrogen-bond acceptors (Lipinski definition) is 3. The number of hydrogen-bond donors (Lipinski definition) is 1. The van der Waals surface area contributed by atoms with Crippen LogP contribution in [0.15, 0.2) is 24.3 Å². The average Bonchev–Trinajstić information content (AvgIpc) is 2.92. The van der Waals surface area contributed by atoms with E-state index in [4.69, 9.17) is 0 Å². The third kappa shape index (κ3) is 4.17. The van der Waals surface area contributed by atoms with Crippen LogP contribution in [0.5, 0.6) is 0 Å². The normalized spacial score (nSPS) is 23.5. The van der Waals surface area contributed by atoms with Gasteiger partial charge in [0.15, 0.2) is 0 Å². The second kappa shape index (κ2) is 8.13.